The Morgan fingerprint density at radius 1 is 1.00 bits per heavy atom. The van der Waals surface area contributed by atoms with Crippen LogP contribution in [0.3, 0.4) is 0 Å². The van der Waals surface area contributed by atoms with Gasteiger partial charge in [0.2, 0.25) is 0 Å². The fourth-order valence-electron chi connectivity index (χ4n) is 2.62. The molecule has 4 aromatic rings. The molecular weight excluding hydrogens is 371 g/mol. The summed E-state index contributed by atoms with van der Waals surface area (Å²) in [6.07, 6.45) is 1.82. The Bertz CT molecular complexity index is 1060. The maximum absolute atomic E-state index is 6.31. The molecule has 130 valence electrons. The van der Waals surface area contributed by atoms with Crippen molar-refractivity contribution in [3.8, 4) is 5.75 Å². The molecule has 0 spiro atoms. The maximum atomic E-state index is 6.31. The summed E-state index contributed by atoms with van der Waals surface area (Å²) in [7, 11) is 0. The summed E-state index contributed by atoms with van der Waals surface area (Å²) in [6, 6.07) is 17.2. The Labute approximate surface area is 160 Å². The quantitative estimate of drug-likeness (QED) is 0.465. The molecule has 0 saturated heterocycles. The molecule has 2 aromatic heterocycles. The molecule has 0 aliphatic carbocycles. The monoisotopic (exact) mass is 384 g/mol. The van der Waals surface area contributed by atoms with Gasteiger partial charge in [-0.25, -0.2) is 9.67 Å². The molecular formula is C19H14Cl2N4O. The van der Waals surface area contributed by atoms with E-state index in [4.69, 9.17) is 27.9 Å². The minimum Gasteiger partial charge on any atom is -0.486 e. The molecule has 2 heterocycles. The Kier molecular flexibility index (Phi) is 4.73. The van der Waals surface area contributed by atoms with Crippen LogP contribution in [0.4, 0.5) is 0 Å². The number of ether oxygens (including phenoxy) is 1. The summed E-state index contributed by atoms with van der Waals surface area (Å²) in [6.45, 7) is 0.767. The van der Waals surface area contributed by atoms with Crippen LogP contribution in [0.15, 0.2) is 60.8 Å². The standard InChI is InChI=1S/C19H14Cl2N4O/c20-16-6-2-4-8-18(16)26-12-15-11-25(24-23-15)10-14-9-13-5-1-3-7-17(13)22-19(14)21/h1-9,11H,10,12H2. The highest BCUT2D eigenvalue weighted by Crippen LogP contribution is 2.24. The molecule has 0 atom stereocenters. The number of hydrogen-bond acceptors (Lipinski definition) is 4. The van der Waals surface area contributed by atoms with Crippen LogP contribution in [0.2, 0.25) is 10.2 Å². The van der Waals surface area contributed by atoms with Crippen LogP contribution < -0.4 is 4.74 Å². The average Bonchev–Trinajstić information content (AvgIpc) is 3.09. The zero-order chi connectivity index (χ0) is 17.9. The molecule has 0 N–H and O–H groups in total. The zero-order valence-corrected chi connectivity index (χ0v) is 15.2. The third-order valence-electron chi connectivity index (χ3n) is 3.88. The number of para-hydroxylation sites is 2. The van der Waals surface area contributed by atoms with E-state index in [9.17, 15) is 0 Å². The van der Waals surface area contributed by atoms with E-state index in [-0.39, 0.29) is 6.61 Å². The van der Waals surface area contributed by atoms with Crippen LogP contribution in [0, 0.1) is 0 Å². The molecule has 0 amide bonds. The van der Waals surface area contributed by atoms with Crippen molar-refractivity contribution in [3.63, 3.8) is 0 Å². The van der Waals surface area contributed by atoms with Crippen molar-refractivity contribution in [2.75, 3.05) is 0 Å². The second-order valence-electron chi connectivity index (χ2n) is 5.76. The van der Waals surface area contributed by atoms with Crippen molar-refractivity contribution >= 4 is 34.1 Å². The number of fused-ring (bicyclic) bond motifs is 1. The lowest BCUT2D eigenvalue weighted by Gasteiger charge is -2.06. The van der Waals surface area contributed by atoms with E-state index in [2.05, 4.69) is 15.3 Å². The molecule has 4 rings (SSSR count). The second kappa shape index (κ2) is 7.32. The first kappa shape index (κ1) is 16.8. The van der Waals surface area contributed by atoms with E-state index in [0.29, 0.717) is 28.2 Å². The highest BCUT2D eigenvalue weighted by molar-refractivity contribution is 6.32. The molecule has 0 radical (unpaired) electrons. The first-order valence-corrected chi connectivity index (χ1v) is 8.75. The summed E-state index contributed by atoms with van der Waals surface area (Å²) in [5, 5.41) is 10.3. The van der Waals surface area contributed by atoms with Gasteiger partial charge in [0.25, 0.3) is 0 Å². The van der Waals surface area contributed by atoms with Crippen LogP contribution >= 0.6 is 23.2 Å². The van der Waals surface area contributed by atoms with Gasteiger partial charge in [0, 0.05) is 10.9 Å². The van der Waals surface area contributed by atoms with E-state index in [1.165, 1.54) is 0 Å². The van der Waals surface area contributed by atoms with Gasteiger partial charge in [-0.1, -0.05) is 58.7 Å². The van der Waals surface area contributed by atoms with Crippen LogP contribution in [0.1, 0.15) is 11.3 Å². The lowest BCUT2D eigenvalue weighted by molar-refractivity contribution is 0.301. The van der Waals surface area contributed by atoms with Gasteiger partial charge in [0.05, 0.1) is 23.3 Å². The minimum atomic E-state index is 0.285. The number of hydrogen-bond donors (Lipinski definition) is 0. The van der Waals surface area contributed by atoms with Gasteiger partial charge in [-0.2, -0.15) is 0 Å². The van der Waals surface area contributed by atoms with Crippen LogP contribution in [-0.2, 0) is 13.2 Å². The van der Waals surface area contributed by atoms with Gasteiger partial charge in [-0.05, 0) is 24.3 Å². The lowest BCUT2D eigenvalue weighted by atomic mass is 10.1. The summed E-state index contributed by atoms with van der Waals surface area (Å²) < 4.78 is 7.39. The van der Waals surface area contributed by atoms with Crippen molar-refractivity contribution in [2.45, 2.75) is 13.2 Å². The Balaban J connectivity index is 1.48. The van der Waals surface area contributed by atoms with Gasteiger partial charge in [0.15, 0.2) is 0 Å². The Morgan fingerprint density at radius 2 is 1.81 bits per heavy atom. The van der Waals surface area contributed by atoms with E-state index in [0.717, 1.165) is 16.5 Å². The van der Waals surface area contributed by atoms with Crippen molar-refractivity contribution in [3.05, 3.63) is 82.2 Å². The topological polar surface area (TPSA) is 52.8 Å². The SMILES string of the molecule is Clc1ccccc1OCc1cn(Cc2cc3ccccc3nc2Cl)nn1. The predicted octanol–water partition coefficient (Wildman–Crippen LogP) is 4.76. The zero-order valence-electron chi connectivity index (χ0n) is 13.6. The average molecular weight is 385 g/mol. The fourth-order valence-corrected chi connectivity index (χ4v) is 3.01. The van der Waals surface area contributed by atoms with Crippen molar-refractivity contribution in [1.29, 1.82) is 0 Å². The van der Waals surface area contributed by atoms with Gasteiger partial charge in [0.1, 0.15) is 23.2 Å². The predicted molar refractivity (Wildman–Crippen MR) is 102 cm³/mol. The van der Waals surface area contributed by atoms with Crippen LogP contribution in [0.25, 0.3) is 10.9 Å². The highest BCUT2D eigenvalue weighted by Gasteiger charge is 2.09. The smallest absolute Gasteiger partial charge is 0.138 e. The second-order valence-corrected chi connectivity index (χ2v) is 6.52. The highest BCUT2D eigenvalue weighted by atomic mass is 35.5. The molecule has 0 bridgehead atoms. The van der Waals surface area contributed by atoms with Crippen LogP contribution in [-0.4, -0.2) is 20.0 Å². The van der Waals surface area contributed by atoms with Crippen molar-refractivity contribution in [2.24, 2.45) is 0 Å². The number of halogens is 2. The molecule has 26 heavy (non-hydrogen) atoms. The molecule has 0 fully saturated rings. The fraction of sp³-hybridized carbons (Fsp3) is 0.105. The van der Waals surface area contributed by atoms with Gasteiger partial charge in [-0.3, -0.25) is 0 Å². The maximum Gasteiger partial charge on any atom is 0.138 e. The summed E-state index contributed by atoms with van der Waals surface area (Å²) >= 11 is 12.4. The van der Waals surface area contributed by atoms with E-state index in [1.807, 2.05) is 54.7 Å². The largest absolute Gasteiger partial charge is 0.486 e. The number of aromatic nitrogens is 4. The Morgan fingerprint density at radius 3 is 2.69 bits per heavy atom. The third kappa shape index (κ3) is 3.64. The summed E-state index contributed by atoms with van der Waals surface area (Å²) in [5.41, 5.74) is 2.46. The van der Waals surface area contributed by atoms with Gasteiger partial charge < -0.3 is 4.74 Å². The molecule has 0 aliphatic heterocycles. The number of benzene rings is 2. The minimum absolute atomic E-state index is 0.285. The third-order valence-corrected chi connectivity index (χ3v) is 4.52. The first-order valence-electron chi connectivity index (χ1n) is 7.99. The van der Waals surface area contributed by atoms with Crippen molar-refractivity contribution in [1.82, 2.24) is 20.0 Å². The van der Waals surface area contributed by atoms with E-state index < -0.39 is 0 Å². The molecule has 7 heteroatoms. The Hall–Kier alpha value is -2.63. The summed E-state index contributed by atoms with van der Waals surface area (Å²) in [5.74, 6) is 0.616. The molecule has 0 aliphatic rings. The van der Waals surface area contributed by atoms with Crippen molar-refractivity contribution < 1.29 is 4.74 Å². The number of rotatable bonds is 5. The lowest BCUT2D eigenvalue weighted by Crippen LogP contribution is -2.02. The van der Waals surface area contributed by atoms with E-state index >= 15 is 0 Å². The first-order chi connectivity index (χ1) is 12.7. The van der Waals surface area contributed by atoms with Gasteiger partial charge in [-0.15, -0.1) is 5.10 Å². The van der Waals surface area contributed by atoms with E-state index in [1.54, 1.807) is 10.7 Å². The molecule has 2 aromatic carbocycles. The number of nitrogens with zero attached hydrogens (tertiary/aromatic N) is 4. The number of pyridine rings is 1. The van der Waals surface area contributed by atoms with Gasteiger partial charge >= 0.3 is 0 Å². The molecule has 5 nitrogen and oxygen atoms in total. The molecule has 0 unspecified atom stereocenters. The van der Waals surface area contributed by atoms with Crippen LogP contribution in [0.5, 0.6) is 5.75 Å². The molecule has 0 saturated carbocycles. The summed E-state index contributed by atoms with van der Waals surface area (Å²) in [4.78, 5) is 4.43. The normalized spacial score (nSPS) is 11.0.